The third kappa shape index (κ3) is 5.45. The second kappa shape index (κ2) is 10.3. The van der Waals surface area contributed by atoms with Gasteiger partial charge in [-0.2, -0.15) is 4.98 Å². The summed E-state index contributed by atoms with van der Waals surface area (Å²) < 4.78 is 7.64. The van der Waals surface area contributed by atoms with E-state index in [2.05, 4.69) is 16.9 Å². The first-order valence-electron chi connectivity index (χ1n) is 9.54. The molecule has 150 valence electrons. The van der Waals surface area contributed by atoms with Gasteiger partial charge in [0.1, 0.15) is 0 Å². The molecule has 0 radical (unpaired) electrons. The SMILES string of the molecule is CCCCCn1c(=O)n(CCCCCC(=O)OCC)c(=O)c2[nH]c(Cl)nc21. The number of rotatable bonds is 11. The number of nitrogens with one attached hydrogen (secondary N) is 1. The van der Waals surface area contributed by atoms with Crippen LogP contribution >= 0.6 is 11.6 Å². The van der Waals surface area contributed by atoms with Crippen molar-refractivity contribution in [3.8, 4) is 0 Å². The van der Waals surface area contributed by atoms with Crippen LogP contribution in [0.3, 0.4) is 0 Å². The van der Waals surface area contributed by atoms with E-state index in [1.807, 2.05) is 0 Å². The van der Waals surface area contributed by atoms with Gasteiger partial charge in [-0.3, -0.25) is 18.7 Å². The highest BCUT2D eigenvalue weighted by Crippen LogP contribution is 2.11. The van der Waals surface area contributed by atoms with Crippen LogP contribution in [0.25, 0.3) is 11.2 Å². The zero-order valence-corrected chi connectivity index (χ0v) is 16.7. The molecule has 0 fully saturated rings. The van der Waals surface area contributed by atoms with E-state index >= 15 is 0 Å². The minimum Gasteiger partial charge on any atom is -0.466 e. The molecule has 0 atom stereocenters. The van der Waals surface area contributed by atoms with Crippen LogP contribution in [0.5, 0.6) is 0 Å². The van der Waals surface area contributed by atoms with Gasteiger partial charge in [0.2, 0.25) is 5.28 Å². The molecule has 0 aliphatic heterocycles. The Balaban J connectivity index is 2.14. The van der Waals surface area contributed by atoms with E-state index < -0.39 is 5.56 Å². The number of hydrogen-bond acceptors (Lipinski definition) is 5. The molecule has 2 aromatic rings. The molecule has 8 nitrogen and oxygen atoms in total. The topological polar surface area (TPSA) is 99.0 Å². The Hall–Kier alpha value is -2.09. The van der Waals surface area contributed by atoms with Crippen molar-refractivity contribution >= 4 is 28.7 Å². The van der Waals surface area contributed by atoms with E-state index in [-0.39, 0.29) is 22.5 Å². The first-order chi connectivity index (χ1) is 13.0. The maximum atomic E-state index is 12.8. The second-order valence-electron chi connectivity index (χ2n) is 6.44. The molecule has 0 bridgehead atoms. The van der Waals surface area contributed by atoms with E-state index in [4.69, 9.17) is 16.3 Å². The van der Waals surface area contributed by atoms with Crippen LogP contribution < -0.4 is 11.2 Å². The number of aromatic nitrogens is 4. The Bertz CT molecular complexity index is 884. The van der Waals surface area contributed by atoms with Crippen LogP contribution in [-0.2, 0) is 22.6 Å². The number of ether oxygens (including phenoxy) is 1. The molecule has 0 spiro atoms. The zero-order valence-electron chi connectivity index (χ0n) is 15.9. The summed E-state index contributed by atoms with van der Waals surface area (Å²) in [5.74, 6) is -0.221. The number of esters is 1. The van der Waals surface area contributed by atoms with Crippen molar-refractivity contribution < 1.29 is 9.53 Å². The third-order valence-electron chi connectivity index (χ3n) is 4.39. The molecule has 0 aliphatic rings. The molecule has 0 saturated carbocycles. The standard InChI is InChI=1S/C18H27ClN4O4/c1-3-5-8-11-22-15-14(20-17(19)21-15)16(25)23(18(22)26)12-9-6-7-10-13(24)27-4-2/h3-12H2,1-2H3,(H,20,21). The summed E-state index contributed by atoms with van der Waals surface area (Å²) in [6, 6.07) is 0. The smallest absolute Gasteiger partial charge is 0.332 e. The summed E-state index contributed by atoms with van der Waals surface area (Å²) in [4.78, 5) is 43.7. The minimum atomic E-state index is -0.411. The number of carbonyl (C=O) groups excluding carboxylic acids is 1. The fourth-order valence-electron chi connectivity index (χ4n) is 3.01. The maximum absolute atomic E-state index is 12.8. The molecule has 0 aliphatic carbocycles. The highest BCUT2D eigenvalue weighted by Gasteiger charge is 2.16. The number of unbranched alkanes of at least 4 members (excludes halogenated alkanes) is 4. The Morgan fingerprint density at radius 1 is 1.07 bits per heavy atom. The molecule has 1 N–H and O–H groups in total. The van der Waals surface area contributed by atoms with Crippen LogP contribution in [0.1, 0.15) is 58.8 Å². The van der Waals surface area contributed by atoms with Crippen molar-refractivity contribution in [2.75, 3.05) is 6.61 Å². The normalized spacial score (nSPS) is 11.2. The van der Waals surface area contributed by atoms with Crippen LogP contribution in [0, 0.1) is 0 Å². The largest absolute Gasteiger partial charge is 0.466 e. The van der Waals surface area contributed by atoms with Gasteiger partial charge in [-0.1, -0.05) is 26.2 Å². The van der Waals surface area contributed by atoms with E-state index in [1.165, 1.54) is 9.13 Å². The molecular formula is C18H27ClN4O4. The molecule has 2 aromatic heterocycles. The number of fused-ring (bicyclic) bond motifs is 1. The highest BCUT2D eigenvalue weighted by atomic mass is 35.5. The quantitative estimate of drug-likeness (QED) is 0.356. The van der Waals surface area contributed by atoms with E-state index in [0.29, 0.717) is 44.6 Å². The Morgan fingerprint density at radius 2 is 1.78 bits per heavy atom. The van der Waals surface area contributed by atoms with Gasteiger partial charge in [0.15, 0.2) is 11.2 Å². The van der Waals surface area contributed by atoms with Gasteiger partial charge in [0, 0.05) is 19.5 Å². The second-order valence-corrected chi connectivity index (χ2v) is 6.80. The van der Waals surface area contributed by atoms with Gasteiger partial charge < -0.3 is 9.72 Å². The average Bonchev–Trinajstić information content (AvgIpc) is 3.02. The van der Waals surface area contributed by atoms with Crippen molar-refractivity contribution in [2.45, 2.75) is 71.9 Å². The number of nitrogens with zero attached hydrogens (tertiary/aromatic N) is 3. The van der Waals surface area contributed by atoms with Gasteiger partial charge in [0.25, 0.3) is 5.56 Å². The lowest BCUT2D eigenvalue weighted by Gasteiger charge is -2.11. The molecule has 2 heterocycles. The number of hydrogen-bond donors (Lipinski definition) is 1. The molecule has 0 unspecified atom stereocenters. The monoisotopic (exact) mass is 398 g/mol. The molecule has 27 heavy (non-hydrogen) atoms. The van der Waals surface area contributed by atoms with E-state index in [0.717, 1.165) is 25.7 Å². The Morgan fingerprint density at radius 3 is 2.48 bits per heavy atom. The van der Waals surface area contributed by atoms with Crippen molar-refractivity contribution in [1.29, 1.82) is 0 Å². The number of halogens is 1. The fraction of sp³-hybridized carbons (Fsp3) is 0.667. The van der Waals surface area contributed by atoms with Gasteiger partial charge in [-0.05, 0) is 37.8 Å². The lowest BCUT2D eigenvalue weighted by Crippen LogP contribution is -2.40. The minimum absolute atomic E-state index is 0.0953. The van der Waals surface area contributed by atoms with Crippen LogP contribution in [0.4, 0.5) is 0 Å². The number of aryl methyl sites for hydroxylation is 1. The molecular weight excluding hydrogens is 372 g/mol. The molecule has 0 aromatic carbocycles. The van der Waals surface area contributed by atoms with Gasteiger partial charge >= 0.3 is 11.7 Å². The molecule has 9 heteroatoms. The van der Waals surface area contributed by atoms with Gasteiger partial charge in [-0.15, -0.1) is 0 Å². The van der Waals surface area contributed by atoms with Crippen molar-refractivity contribution in [3.05, 3.63) is 26.1 Å². The Labute approximate surface area is 162 Å². The number of aromatic amines is 1. The summed E-state index contributed by atoms with van der Waals surface area (Å²) in [6.45, 7) is 5.02. The van der Waals surface area contributed by atoms with Crippen molar-refractivity contribution in [1.82, 2.24) is 19.1 Å². The summed E-state index contributed by atoms with van der Waals surface area (Å²) in [7, 11) is 0. The summed E-state index contributed by atoms with van der Waals surface area (Å²) in [5.41, 5.74) is -0.212. The summed E-state index contributed by atoms with van der Waals surface area (Å²) >= 11 is 5.92. The zero-order chi connectivity index (χ0) is 19.8. The average molecular weight is 399 g/mol. The Kier molecular flexibility index (Phi) is 8.09. The predicted molar refractivity (Wildman–Crippen MR) is 104 cm³/mol. The number of imidazole rings is 1. The molecule has 2 rings (SSSR count). The van der Waals surface area contributed by atoms with Crippen LogP contribution in [-0.4, -0.2) is 31.7 Å². The fourth-order valence-corrected chi connectivity index (χ4v) is 3.18. The highest BCUT2D eigenvalue weighted by molar-refractivity contribution is 6.28. The van der Waals surface area contributed by atoms with Crippen LogP contribution in [0.15, 0.2) is 9.59 Å². The third-order valence-corrected chi connectivity index (χ3v) is 4.56. The molecule has 0 saturated heterocycles. The van der Waals surface area contributed by atoms with Crippen LogP contribution in [0.2, 0.25) is 5.28 Å². The number of carbonyl (C=O) groups is 1. The number of H-pyrrole nitrogens is 1. The summed E-state index contributed by atoms with van der Waals surface area (Å²) in [5, 5.41) is 0.0953. The van der Waals surface area contributed by atoms with E-state index in [1.54, 1.807) is 6.92 Å². The van der Waals surface area contributed by atoms with Gasteiger partial charge in [-0.25, -0.2) is 4.79 Å². The lowest BCUT2D eigenvalue weighted by atomic mass is 10.2. The van der Waals surface area contributed by atoms with Crippen molar-refractivity contribution in [2.24, 2.45) is 0 Å². The summed E-state index contributed by atoms with van der Waals surface area (Å²) in [6.07, 6.45) is 5.20. The molecule has 0 amide bonds. The maximum Gasteiger partial charge on any atom is 0.332 e. The van der Waals surface area contributed by atoms with Gasteiger partial charge in [0.05, 0.1) is 6.61 Å². The van der Waals surface area contributed by atoms with E-state index in [9.17, 15) is 14.4 Å². The first-order valence-corrected chi connectivity index (χ1v) is 9.91. The lowest BCUT2D eigenvalue weighted by molar-refractivity contribution is -0.143. The van der Waals surface area contributed by atoms with Crippen molar-refractivity contribution in [3.63, 3.8) is 0 Å². The predicted octanol–water partition coefficient (Wildman–Crippen LogP) is 2.85. The first kappa shape index (κ1) is 21.2.